The fourth-order valence-corrected chi connectivity index (χ4v) is 2.07. The number of aliphatic hydroxyl groups is 1. The van der Waals surface area contributed by atoms with Gasteiger partial charge in [0.15, 0.2) is 5.82 Å². The third kappa shape index (κ3) is 4.61. The van der Waals surface area contributed by atoms with Crippen LogP contribution in [-0.4, -0.2) is 52.3 Å². The summed E-state index contributed by atoms with van der Waals surface area (Å²) in [7, 11) is 3.78. The largest absolute Gasteiger partial charge is 0.387 e. The van der Waals surface area contributed by atoms with Gasteiger partial charge in [-0.05, 0) is 41.8 Å². The van der Waals surface area contributed by atoms with Crippen molar-refractivity contribution in [2.45, 2.75) is 38.8 Å². The quantitative estimate of drug-likeness (QED) is 0.833. The van der Waals surface area contributed by atoms with Crippen molar-refractivity contribution in [2.75, 3.05) is 32.5 Å². The van der Waals surface area contributed by atoms with Crippen LogP contribution in [0.3, 0.4) is 0 Å². The molecule has 0 aromatic carbocycles. The normalized spacial score (nSPS) is 15.2. The monoisotopic (exact) mass is 282 g/mol. The van der Waals surface area contributed by atoms with Crippen molar-refractivity contribution >= 4 is 5.82 Å². The van der Waals surface area contributed by atoms with Crippen molar-refractivity contribution in [1.29, 1.82) is 0 Å². The average molecular weight is 282 g/mol. The third-order valence-corrected chi connectivity index (χ3v) is 2.86. The van der Waals surface area contributed by atoms with Gasteiger partial charge in [0.2, 0.25) is 0 Å². The molecule has 6 nitrogen and oxygen atoms in total. The zero-order chi connectivity index (χ0) is 15.6. The zero-order valence-corrected chi connectivity index (χ0v) is 13.3. The summed E-state index contributed by atoms with van der Waals surface area (Å²) in [4.78, 5) is 18.3. The van der Waals surface area contributed by atoms with E-state index in [0.717, 1.165) is 0 Å². The Morgan fingerprint density at radius 1 is 1.35 bits per heavy atom. The number of likely N-dealkylation sites (N-methyl/N-ethyl adjacent to an activating group) is 1. The van der Waals surface area contributed by atoms with Crippen molar-refractivity contribution in [2.24, 2.45) is 0 Å². The summed E-state index contributed by atoms with van der Waals surface area (Å²) < 4.78 is 1.63. The van der Waals surface area contributed by atoms with Gasteiger partial charge in [0.25, 0.3) is 5.56 Å². The van der Waals surface area contributed by atoms with E-state index >= 15 is 0 Å². The highest BCUT2D eigenvalue weighted by Gasteiger charge is 2.23. The summed E-state index contributed by atoms with van der Waals surface area (Å²) in [6, 6.07) is 0. The number of anilines is 1. The van der Waals surface area contributed by atoms with Crippen LogP contribution in [0.15, 0.2) is 17.2 Å². The van der Waals surface area contributed by atoms with Gasteiger partial charge in [0, 0.05) is 31.0 Å². The lowest BCUT2D eigenvalue weighted by Crippen LogP contribution is -2.44. The topological polar surface area (TPSA) is 70.4 Å². The van der Waals surface area contributed by atoms with Crippen molar-refractivity contribution < 1.29 is 5.11 Å². The van der Waals surface area contributed by atoms with Crippen molar-refractivity contribution in [3.63, 3.8) is 0 Å². The van der Waals surface area contributed by atoms with E-state index in [9.17, 15) is 9.90 Å². The van der Waals surface area contributed by atoms with Crippen LogP contribution in [-0.2, 0) is 5.54 Å². The van der Waals surface area contributed by atoms with Crippen molar-refractivity contribution in [1.82, 2.24) is 14.5 Å². The minimum atomic E-state index is -0.931. The van der Waals surface area contributed by atoms with E-state index in [2.05, 4.69) is 10.3 Å². The molecule has 0 aliphatic carbocycles. The molecule has 6 heteroatoms. The second kappa shape index (κ2) is 5.93. The molecule has 1 aromatic rings. The summed E-state index contributed by atoms with van der Waals surface area (Å²) in [5.74, 6) is 0.265. The molecule has 0 radical (unpaired) electrons. The van der Waals surface area contributed by atoms with Crippen LogP contribution in [0, 0.1) is 0 Å². The van der Waals surface area contributed by atoms with E-state index in [4.69, 9.17) is 0 Å². The van der Waals surface area contributed by atoms with Crippen LogP contribution in [0.25, 0.3) is 0 Å². The summed E-state index contributed by atoms with van der Waals surface area (Å²) in [5.41, 5.74) is -1.41. The first-order valence-corrected chi connectivity index (χ1v) is 6.72. The molecule has 0 aliphatic heterocycles. The predicted molar refractivity (Wildman–Crippen MR) is 81.2 cm³/mol. The molecule has 0 amide bonds. The van der Waals surface area contributed by atoms with Crippen LogP contribution in [0.5, 0.6) is 0 Å². The Labute approximate surface area is 120 Å². The fraction of sp³-hybridized carbons (Fsp3) is 0.714. The Morgan fingerprint density at radius 3 is 2.45 bits per heavy atom. The Bertz CT molecular complexity index is 501. The minimum Gasteiger partial charge on any atom is -0.387 e. The molecule has 0 aliphatic rings. The molecule has 1 heterocycles. The third-order valence-electron chi connectivity index (χ3n) is 2.86. The molecule has 0 fully saturated rings. The van der Waals surface area contributed by atoms with Gasteiger partial charge >= 0.3 is 0 Å². The minimum absolute atomic E-state index is 0.180. The summed E-state index contributed by atoms with van der Waals surface area (Å²) in [5, 5.41) is 13.2. The Balaban J connectivity index is 2.88. The number of hydrogen-bond acceptors (Lipinski definition) is 5. The molecule has 0 saturated heterocycles. The van der Waals surface area contributed by atoms with Gasteiger partial charge < -0.3 is 19.9 Å². The fourth-order valence-electron chi connectivity index (χ4n) is 2.07. The lowest BCUT2D eigenvalue weighted by molar-refractivity contribution is 0.0459. The van der Waals surface area contributed by atoms with Crippen molar-refractivity contribution in [3.05, 3.63) is 22.7 Å². The van der Waals surface area contributed by atoms with Gasteiger partial charge in [-0.3, -0.25) is 4.79 Å². The number of hydrogen-bond donors (Lipinski definition) is 2. The molecule has 0 saturated carbocycles. The molecular formula is C14H26N4O2. The molecule has 0 bridgehead atoms. The number of nitrogens with one attached hydrogen (secondary N) is 1. The Morgan fingerprint density at radius 2 is 1.95 bits per heavy atom. The summed E-state index contributed by atoms with van der Waals surface area (Å²) >= 11 is 0. The first kappa shape index (κ1) is 16.7. The predicted octanol–water partition coefficient (Wildman–Crippen LogP) is 0.723. The second-order valence-electron chi connectivity index (χ2n) is 6.71. The molecular weight excluding hydrogens is 256 g/mol. The molecule has 2 N–H and O–H groups in total. The lowest BCUT2D eigenvalue weighted by Gasteiger charge is -2.27. The highest BCUT2D eigenvalue weighted by atomic mass is 16.3. The standard InChI is InChI=1S/C14H26N4O2/c1-13(2,3)18-8-7-15-11(12(18)19)16-9-14(4,20)10-17(5)6/h7-8,20H,9-10H2,1-6H3,(H,15,16). The summed E-state index contributed by atoms with van der Waals surface area (Å²) in [6.45, 7) is 8.37. The van der Waals surface area contributed by atoms with Gasteiger partial charge in [-0.25, -0.2) is 4.98 Å². The van der Waals surface area contributed by atoms with Crippen molar-refractivity contribution in [3.8, 4) is 0 Å². The van der Waals surface area contributed by atoms with Crippen LogP contribution in [0.1, 0.15) is 27.7 Å². The van der Waals surface area contributed by atoms with E-state index in [1.54, 1.807) is 23.9 Å². The average Bonchev–Trinajstić information content (AvgIpc) is 2.24. The SMILES string of the molecule is CN(C)CC(C)(O)CNc1nccn(C(C)(C)C)c1=O. The van der Waals surface area contributed by atoms with E-state index in [-0.39, 0.29) is 23.5 Å². The van der Waals surface area contributed by atoms with Crippen LogP contribution in [0.4, 0.5) is 5.82 Å². The number of nitrogens with zero attached hydrogens (tertiary/aromatic N) is 3. The maximum absolute atomic E-state index is 12.3. The van der Waals surface area contributed by atoms with Gasteiger partial charge in [-0.15, -0.1) is 0 Å². The maximum atomic E-state index is 12.3. The molecule has 1 rings (SSSR count). The van der Waals surface area contributed by atoms with Gasteiger partial charge in [0.05, 0.1) is 5.60 Å². The second-order valence-corrected chi connectivity index (χ2v) is 6.71. The summed E-state index contributed by atoms with van der Waals surface area (Å²) in [6.07, 6.45) is 3.27. The molecule has 20 heavy (non-hydrogen) atoms. The van der Waals surface area contributed by atoms with E-state index < -0.39 is 5.60 Å². The molecule has 1 unspecified atom stereocenters. The van der Waals surface area contributed by atoms with E-state index in [0.29, 0.717) is 6.54 Å². The first-order chi connectivity index (χ1) is 9.03. The van der Waals surface area contributed by atoms with Gasteiger partial charge in [0.1, 0.15) is 0 Å². The molecule has 1 aromatic heterocycles. The Hall–Kier alpha value is -1.40. The molecule has 1 atom stereocenters. The highest BCUT2D eigenvalue weighted by molar-refractivity contribution is 5.31. The van der Waals surface area contributed by atoms with Gasteiger partial charge in [-0.2, -0.15) is 0 Å². The Kier molecular flexibility index (Phi) is 4.94. The van der Waals surface area contributed by atoms with E-state index in [1.807, 2.05) is 39.8 Å². The molecule has 0 spiro atoms. The lowest BCUT2D eigenvalue weighted by atomic mass is 10.1. The number of rotatable bonds is 5. The smallest absolute Gasteiger partial charge is 0.293 e. The van der Waals surface area contributed by atoms with Crippen LogP contribution < -0.4 is 10.9 Å². The maximum Gasteiger partial charge on any atom is 0.293 e. The van der Waals surface area contributed by atoms with Gasteiger partial charge in [-0.1, -0.05) is 0 Å². The molecule has 114 valence electrons. The van der Waals surface area contributed by atoms with Crippen LogP contribution >= 0.6 is 0 Å². The van der Waals surface area contributed by atoms with Crippen LogP contribution in [0.2, 0.25) is 0 Å². The number of aromatic nitrogens is 2. The first-order valence-electron chi connectivity index (χ1n) is 6.72. The zero-order valence-electron chi connectivity index (χ0n) is 13.3. The highest BCUT2D eigenvalue weighted by Crippen LogP contribution is 2.11. The van der Waals surface area contributed by atoms with E-state index in [1.165, 1.54) is 0 Å².